The maximum absolute atomic E-state index is 14.1. The summed E-state index contributed by atoms with van der Waals surface area (Å²) in [6.07, 6.45) is 1.39. The minimum Gasteiger partial charge on any atom is -0.352 e. The lowest BCUT2D eigenvalue weighted by Crippen LogP contribution is -2.54. The van der Waals surface area contributed by atoms with Crippen molar-refractivity contribution in [1.82, 2.24) is 10.2 Å². The Morgan fingerprint density at radius 2 is 1.51 bits per heavy atom. The van der Waals surface area contributed by atoms with Crippen LogP contribution in [0.2, 0.25) is 0 Å². The molecule has 208 valence electrons. The second-order valence-corrected chi connectivity index (χ2v) is 12.3. The molecule has 0 aromatic heterocycles. The number of nitrogens with one attached hydrogen (secondary N) is 1. The first kappa shape index (κ1) is 29.9. The molecule has 0 aliphatic carbocycles. The van der Waals surface area contributed by atoms with E-state index in [-0.39, 0.29) is 18.5 Å². The molecule has 1 N–H and O–H groups in total. The van der Waals surface area contributed by atoms with Crippen molar-refractivity contribution in [3.63, 3.8) is 0 Å². The zero-order valence-corrected chi connectivity index (χ0v) is 24.5. The van der Waals surface area contributed by atoms with Gasteiger partial charge < -0.3 is 10.2 Å². The number of aryl methyl sites for hydroxylation is 3. The third kappa shape index (κ3) is 8.17. The lowest BCUT2D eigenvalue weighted by atomic mass is 10.0. The number of benzene rings is 3. The Morgan fingerprint density at radius 3 is 2.13 bits per heavy atom. The van der Waals surface area contributed by atoms with E-state index < -0.39 is 28.5 Å². The van der Waals surface area contributed by atoms with E-state index in [0.29, 0.717) is 12.1 Å². The van der Waals surface area contributed by atoms with Crippen LogP contribution in [-0.4, -0.2) is 50.0 Å². The van der Waals surface area contributed by atoms with E-state index in [0.717, 1.165) is 38.4 Å². The van der Waals surface area contributed by atoms with E-state index in [4.69, 9.17) is 0 Å². The van der Waals surface area contributed by atoms with Gasteiger partial charge in [0.1, 0.15) is 12.6 Å². The normalized spacial score (nSPS) is 12.2. The Labute approximate surface area is 232 Å². The maximum Gasteiger partial charge on any atom is 0.244 e. The topological polar surface area (TPSA) is 86.8 Å². The highest BCUT2D eigenvalue weighted by Crippen LogP contribution is 2.25. The number of nitrogens with zero attached hydrogens (tertiary/aromatic N) is 2. The molecule has 8 heteroatoms. The molecule has 0 unspecified atom stereocenters. The van der Waals surface area contributed by atoms with Gasteiger partial charge in [0.15, 0.2) is 0 Å². The number of carbonyl (C=O) groups is 2. The van der Waals surface area contributed by atoms with Gasteiger partial charge in [-0.05, 0) is 68.5 Å². The predicted octanol–water partition coefficient (Wildman–Crippen LogP) is 4.54. The first-order valence-corrected chi connectivity index (χ1v) is 14.9. The second kappa shape index (κ2) is 12.9. The number of sulfonamides is 1. The molecule has 7 nitrogen and oxygen atoms in total. The summed E-state index contributed by atoms with van der Waals surface area (Å²) in [5.41, 5.74) is 4.84. The van der Waals surface area contributed by atoms with Crippen molar-refractivity contribution in [3.8, 4) is 0 Å². The molecule has 1 atom stereocenters. The van der Waals surface area contributed by atoms with Crippen molar-refractivity contribution >= 4 is 27.5 Å². The summed E-state index contributed by atoms with van der Waals surface area (Å²) < 4.78 is 27.1. The van der Waals surface area contributed by atoms with Crippen molar-refractivity contribution in [2.75, 3.05) is 17.1 Å². The van der Waals surface area contributed by atoms with Crippen LogP contribution in [0.25, 0.3) is 0 Å². The first-order chi connectivity index (χ1) is 18.4. The maximum atomic E-state index is 14.1. The molecule has 0 saturated carbocycles. The van der Waals surface area contributed by atoms with E-state index in [1.165, 1.54) is 4.90 Å². The van der Waals surface area contributed by atoms with Gasteiger partial charge in [-0.3, -0.25) is 13.9 Å². The van der Waals surface area contributed by atoms with Crippen molar-refractivity contribution in [2.45, 2.75) is 59.7 Å². The monoisotopic (exact) mass is 549 g/mol. The van der Waals surface area contributed by atoms with E-state index in [1.807, 2.05) is 101 Å². The molecule has 3 aromatic carbocycles. The van der Waals surface area contributed by atoms with Gasteiger partial charge >= 0.3 is 0 Å². The molecule has 0 aliphatic rings. The predicted molar refractivity (Wildman–Crippen MR) is 157 cm³/mol. The summed E-state index contributed by atoms with van der Waals surface area (Å²) in [6.45, 7) is 9.14. The minimum absolute atomic E-state index is 0.131. The first-order valence-electron chi connectivity index (χ1n) is 13.1. The van der Waals surface area contributed by atoms with Gasteiger partial charge in [0.25, 0.3) is 0 Å². The Morgan fingerprint density at radius 1 is 0.872 bits per heavy atom. The highest BCUT2D eigenvalue weighted by molar-refractivity contribution is 7.92. The second-order valence-electron chi connectivity index (χ2n) is 10.4. The van der Waals surface area contributed by atoms with Gasteiger partial charge in [0.05, 0.1) is 11.9 Å². The standard InChI is InChI=1S/C31H39N3O4S/c1-22(2)32-31(36)29(19-26-13-8-7-9-14-26)33(20-27-15-11-10-12-24(27)4)30(35)21-34(39(6,37)38)28-18-23(3)16-17-25(28)5/h7-18,22,29H,19-21H2,1-6H3,(H,32,36)/t29-/m1/s1. The molecule has 39 heavy (non-hydrogen) atoms. The van der Waals surface area contributed by atoms with Crippen LogP contribution < -0.4 is 9.62 Å². The average Bonchev–Trinajstić information content (AvgIpc) is 2.86. The van der Waals surface area contributed by atoms with Crippen LogP contribution in [0.5, 0.6) is 0 Å². The van der Waals surface area contributed by atoms with Crippen molar-refractivity contribution in [3.05, 3.63) is 101 Å². The molecular formula is C31H39N3O4S. The summed E-state index contributed by atoms with van der Waals surface area (Å²) in [5, 5.41) is 2.97. The fourth-order valence-electron chi connectivity index (χ4n) is 4.49. The fraction of sp³-hybridized carbons (Fsp3) is 0.355. The number of amides is 2. The van der Waals surface area contributed by atoms with Gasteiger partial charge in [-0.15, -0.1) is 0 Å². The molecule has 0 radical (unpaired) electrons. The smallest absolute Gasteiger partial charge is 0.244 e. The largest absolute Gasteiger partial charge is 0.352 e. The molecule has 3 rings (SSSR count). The highest BCUT2D eigenvalue weighted by atomic mass is 32.2. The molecule has 2 amide bonds. The number of hydrogen-bond acceptors (Lipinski definition) is 4. The van der Waals surface area contributed by atoms with Crippen LogP contribution in [0, 0.1) is 20.8 Å². The molecule has 0 fully saturated rings. The quantitative estimate of drug-likeness (QED) is 0.380. The van der Waals surface area contributed by atoms with Crippen LogP contribution in [-0.2, 0) is 32.6 Å². The molecule has 3 aromatic rings. The summed E-state index contributed by atoms with van der Waals surface area (Å²) in [4.78, 5) is 29.3. The number of anilines is 1. The summed E-state index contributed by atoms with van der Waals surface area (Å²) in [7, 11) is -3.81. The van der Waals surface area contributed by atoms with Gasteiger partial charge in [-0.1, -0.05) is 66.7 Å². The van der Waals surface area contributed by atoms with Crippen LogP contribution in [0.15, 0.2) is 72.8 Å². The van der Waals surface area contributed by atoms with Crippen LogP contribution in [0.4, 0.5) is 5.69 Å². The van der Waals surface area contributed by atoms with Gasteiger partial charge in [-0.2, -0.15) is 0 Å². The van der Waals surface area contributed by atoms with Gasteiger partial charge in [-0.25, -0.2) is 8.42 Å². The van der Waals surface area contributed by atoms with E-state index in [1.54, 1.807) is 6.07 Å². The van der Waals surface area contributed by atoms with Gasteiger partial charge in [0, 0.05) is 19.0 Å². The van der Waals surface area contributed by atoms with Crippen molar-refractivity contribution < 1.29 is 18.0 Å². The molecule has 0 heterocycles. The van der Waals surface area contributed by atoms with Crippen LogP contribution in [0.1, 0.15) is 41.7 Å². The SMILES string of the molecule is Cc1ccc(C)c(N(CC(=O)N(Cc2ccccc2C)[C@H](Cc2ccccc2)C(=O)NC(C)C)S(C)(=O)=O)c1. The van der Waals surface area contributed by atoms with E-state index >= 15 is 0 Å². The van der Waals surface area contributed by atoms with E-state index in [2.05, 4.69) is 5.32 Å². The highest BCUT2D eigenvalue weighted by Gasteiger charge is 2.33. The van der Waals surface area contributed by atoms with E-state index in [9.17, 15) is 18.0 Å². The summed E-state index contributed by atoms with van der Waals surface area (Å²) in [6, 6.07) is 21.8. The fourth-order valence-corrected chi connectivity index (χ4v) is 5.39. The lowest BCUT2D eigenvalue weighted by molar-refractivity contribution is -0.140. The molecule has 0 saturated heterocycles. The minimum atomic E-state index is -3.81. The zero-order valence-electron chi connectivity index (χ0n) is 23.6. The Kier molecular flexibility index (Phi) is 9.92. The van der Waals surface area contributed by atoms with Crippen molar-refractivity contribution in [1.29, 1.82) is 0 Å². The number of carbonyl (C=O) groups excluding carboxylic acids is 2. The molecule has 0 aliphatic heterocycles. The van der Waals surface area contributed by atoms with Crippen LogP contribution >= 0.6 is 0 Å². The zero-order chi connectivity index (χ0) is 28.7. The average molecular weight is 550 g/mol. The summed E-state index contributed by atoms with van der Waals surface area (Å²) in [5.74, 6) is -0.738. The Balaban J connectivity index is 2.09. The number of rotatable bonds is 11. The molecule has 0 spiro atoms. The number of hydrogen-bond donors (Lipinski definition) is 1. The Hall–Kier alpha value is -3.65. The molecule has 0 bridgehead atoms. The van der Waals surface area contributed by atoms with Gasteiger partial charge in [0.2, 0.25) is 21.8 Å². The third-order valence-electron chi connectivity index (χ3n) is 6.62. The summed E-state index contributed by atoms with van der Waals surface area (Å²) >= 11 is 0. The third-order valence-corrected chi connectivity index (χ3v) is 7.74. The molecular weight excluding hydrogens is 510 g/mol. The Bertz CT molecular complexity index is 1400. The lowest BCUT2D eigenvalue weighted by Gasteiger charge is -2.34. The van der Waals surface area contributed by atoms with Crippen LogP contribution in [0.3, 0.4) is 0 Å². The van der Waals surface area contributed by atoms with Crippen molar-refractivity contribution in [2.24, 2.45) is 0 Å².